The molecule has 2 amide bonds. The largest absolute Gasteiger partial charge is 0.332 e. The van der Waals surface area contributed by atoms with Crippen molar-refractivity contribution in [2.75, 3.05) is 5.32 Å². The molecule has 2 rings (SSSR count). The highest BCUT2D eigenvalue weighted by atomic mass is 16.2. The Labute approximate surface area is 119 Å². The predicted molar refractivity (Wildman–Crippen MR) is 78.5 cm³/mol. The summed E-state index contributed by atoms with van der Waals surface area (Å²) >= 11 is 0. The topological polar surface area (TPSA) is 71.8 Å². The van der Waals surface area contributed by atoms with E-state index in [4.69, 9.17) is 0 Å². The van der Waals surface area contributed by atoms with Crippen molar-refractivity contribution in [1.82, 2.24) is 20.3 Å². The van der Waals surface area contributed by atoms with E-state index in [9.17, 15) is 4.79 Å². The van der Waals surface area contributed by atoms with Crippen LogP contribution in [0.1, 0.15) is 46.0 Å². The van der Waals surface area contributed by atoms with Crippen molar-refractivity contribution in [2.45, 2.75) is 58.5 Å². The van der Waals surface area contributed by atoms with Gasteiger partial charge in [-0.25, -0.2) is 4.79 Å². The minimum absolute atomic E-state index is 0.0704. The average molecular weight is 277 g/mol. The van der Waals surface area contributed by atoms with Gasteiger partial charge < -0.3 is 5.32 Å². The van der Waals surface area contributed by atoms with Gasteiger partial charge in [-0.3, -0.25) is 10.00 Å². The van der Waals surface area contributed by atoms with Crippen LogP contribution < -0.4 is 10.6 Å². The molecule has 0 bridgehead atoms. The first-order valence-electron chi connectivity index (χ1n) is 7.35. The number of urea groups is 1. The van der Waals surface area contributed by atoms with Crippen molar-refractivity contribution in [1.29, 1.82) is 0 Å². The molecule has 0 saturated heterocycles. The molecule has 1 aliphatic rings. The normalized spacial score (nSPS) is 16.4. The summed E-state index contributed by atoms with van der Waals surface area (Å²) in [6, 6.07) is -0.159. The Balaban J connectivity index is 1.83. The zero-order valence-electron chi connectivity index (χ0n) is 12.2. The standard InChI is InChI=1S/C14H23N5O/c1-3-9-19-10-13(17-18-19)16-14(20)15-11(2)12-7-5-4-6-8-12/h7,10-11H,3-6,8-9H2,1-2H3,(H2,15,16,20)/t11-/m0/s1. The molecule has 6 nitrogen and oxygen atoms in total. The van der Waals surface area contributed by atoms with E-state index in [-0.39, 0.29) is 12.1 Å². The third-order valence-corrected chi connectivity index (χ3v) is 3.46. The van der Waals surface area contributed by atoms with Crippen LogP contribution in [0.15, 0.2) is 17.8 Å². The van der Waals surface area contributed by atoms with E-state index in [1.54, 1.807) is 10.9 Å². The molecule has 1 aromatic heterocycles. The first kappa shape index (κ1) is 14.6. The lowest BCUT2D eigenvalue weighted by Crippen LogP contribution is -2.37. The maximum Gasteiger partial charge on any atom is 0.320 e. The number of carbonyl (C=O) groups excluding carboxylic acids is 1. The molecular formula is C14H23N5O. The number of rotatable bonds is 5. The van der Waals surface area contributed by atoms with E-state index in [1.165, 1.54) is 18.4 Å². The van der Waals surface area contributed by atoms with Crippen LogP contribution in [0.25, 0.3) is 0 Å². The summed E-state index contributed by atoms with van der Waals surface area (Å²) in [5, 5.41) is 13.5. The van der Waals surface area contributed by atoms with E-state index in [0.717, 1.165) is 25.8 Å². The third kappa shape index (κ3) is 4.08. The SMILES string of the molecule is CCCn1cc(NC(=O)N[C@@H](C)C2=CCCCC2)nn1. The number of nitrogens with one attached hydrogen (secondary N) is 2. The number of aromatic nitrogens is 3. The number of allylic oxidation sites excluding steroid dienone is 1. The van der Waals surface area contributed by atoms with E-state index in [0.29, 0.717) is 5.82 Å². The molecule has 0 spiro atoms. The van der Waals surface area contributed by atoms with Crippen LogP contribution in [-0.2, 0) is 6.54 Å². The lowest BCUT2D eigenvalue weighted by atomic mass is 9.95. The molecule has 1 aliphatic carbocycles. The molecule has 1 atom stereocenters. The quantitative estimate of drug-likeness (QED) is 0.813. The van der Waals surface area contributed by atoms with Gasteiger partial charge in [-0.2, -0.15) is 0 Å². The Kier molecular flexibility index (Phi) is 5.15. The molecule has 6 heteroatoms. The van der Waals surface area contributed by atoms with Crippen LogP contribution in [0.2, 0.25) is 0 Å². The Bertz CT molecular complexity index is 480. The minimum atomic E-state index is -0.229. The number of hydrogen-bond donors (Lipinski definition) is 2. The van der Waals surface area contributed by atoms with Gasteiger partial charge in [-0.05, 0) is 39.0 Å². The average Bonchev–Trinajstić information content (AvgIpc) is 2.87. The summed E-state index contributed by atoms with van der Waals surface area (Å²) in [5.74, 6) is 0.487. The van der Waals surface area contributed by atoms with Gasteiger partial charge in [0.1, 0.15) is 0 Å². The number of carbonyl (C=O) groups is 1. The molecule has 0 radical (unpaired) electrons. The molecule has 0 aromatic carbocycles. The summed E-state index contributed by atoms with van der Waals surface area (Å²) in [5.41, 5.74) is 1.32. The fourth-order valence-corrected chi connectivity index (χ4v) is 2.39. The maximum absolute atomic E-state index is 11.9. The van der Waals surface area contributed by atoms with Gasteiger partial charge in [0.15, 0.2) is 5.82 Å². The third-order valence-electron chi connectivity index (χ3n) is 3.46. The summed E-state index contributed by atoms with van der Waals surface area (Å²) in [6.45, 7) is 4.89. The van der Waals surface area contributed by atoms with Gasteiger partial charge in [-0.1, -0.05) is 23.8 Å². The van der Waals surface area contributed by atoms with Crippen molar-refractivity contribution in [3.63, 3.8) is 0 Å². The van der Waals surface area contributed by atoms with Crippen LogP contribution in [-0.4, -0.2) is 27.1 Å². The van der Waals surface area contributed by atoms with Gasteiger partial charge in [0, 0.05) is 12.6 Å². The zero-order valence-corrected chi connectivity index (χ0v) is 12.2. The molecular weight excluding hydrogens is 254 g/mol. The summed E-state index contributed by atoms with van der Waals surface area (Å²) in [7, 11) is 0. The van der Waals surface area contributed by atoms with Gasteiger partial charge in [0.2, 0.25) is 0 Å². The molecule has 20 heavy (non-hydrogen) atoms. The highest BCUT2D eigenvalue weighted by Gasteiger charge is 2.14. The Hall–Kier alpha value is -1.85. The molecule has 0 unspecified atom stereocenters. The zero-order chi connectivity index (χ0) is 14.4. The van der Waals surface area contributed by atoms with Gasteiger partial charge in [0.25, 0.3) is 0 Å². The monoisotopic (exact) mass is 277 g/mol. The van der Waals surface area contributed by atoms with E-state index < -0.39 is 0 Å². The highest BCUT2D eigenvalue weighted by Crippen LogP contribution is 2.20. The van der Waals surface area contributed by atoms with Crippen molar-refractivity contribution in [3.05, 3.63) is 17.8 Å². The first-order valence-corrected chi connectivity index (χ1v) is 7.35. The van der Waals surface area contributed by atoms with Crippen molar-refractivity contribution < 1.29 is 4.79 Å². The van der Waals surface area contributed by atoms with Crippen LogP contribution in [0.4, 0.5) is 10.6 Å². The highest BCUT2D eigenvalue weighted by molar-refractivity contribution is 5.88. The fraction of sp³-hybridized carbons (Fsp3) is 0.643. The number of anilines is 1. The van der Waals surface area contributed by atoms with Crippen molar-refractivity contribution >= 4 is 11.8 Å². The van der Waals surface area contributed by atoms with Gasteiger partial charge >= 0.3 is 6.03 Å². The van der Waals surface area contributed by atoms with Crippen LogP contribution in [0.3, 0.4) is 0 Å². The fourth-order valence-electron chi connectivity index (χ4n) is 2.39. The first-order chi connectivity index (χ1) is 9.69. The second-order valence-electron chi connectivity index (χ2n) is 5.21. The minimum Gasteiger partial charge on any atom is -0.332 e. The maximum atomic E-state index is 11.9. The number of nitrogens with zero attached hydrogens (tertiary/aromatic N) is 3. The molecule has 2 N–H and O–H groups in total. The van der Waals surface area contributed by atoms with Crippen molar-refractivity contribution in [3.8, 4) is 0 Å². The van der Waals surface area contributed by atoms with Crippen molar-refractivity contribution in [2.24, 2.45) is 0 Å². The molecule has 1 aromatic rings. The van der Waals surface area contributed by atoms with Gasteiger partial charge in [-0.15, -0.1) is 5.10 Å². The summed E-state index contributed by atoms with van der Waals surface area (Å²) in [4.78, 5) is 11.9. The number of amides is 2. The number of aryl methyl sites for hydroxylation is 1. The van der Waals surface area contributed by atoms with Crippen LogP contribution >= 0.6 is 0 Å². The Morgan fingerprint density at radius 3 is 3.05 bits per heavy atom. The van der Waals surface area contributed by atoms with Crippen LogP contribution in [0.5, 0.6) is 0 Å². The Morgan fingerprint density at radius 1 is 1.50 bits per heavy atom. The molecule has 110 valence electrons. The van der Waals surface area contributed by atoms with E-state index in [1.807, 2.05) is 6.92 Å². The lowest BCUT2D eigenvalue weighted by Gasteiger charge is -2.20. The molecule has 1 heterocycles. The van der Waals surface area contributed by atoms with Gasteiger partial charge in [0.05, 0.1) is 6.20 Å². The summed E-state index contributed by atoms with van der Waals surface area (Å²) in [6.07, 6.45) is 9.63. The van der Waals surface area contributed by atoms with Crippen LogP contribution in [0, 0.1) is 0 Å². The predicted octanol–water partition coefficient (Wildman–Crippen LogP) is 2.70. The molecule has 0 saturated carbocycles. The van der Waals surface area contributed by atoms with E-state index >= 15 is 0 Å². The number of hydrogen-bond acceptors (Lipinski definition) is 3. The summed E-state index contributed by atoms with van der Waals surface area (Å²) < 4.78 is 1.72. The second kappa shape index (κ2) is 7.07. The smallest absolute Gasteiger partial charge is 0.320 e. The molecule has 0 fully saturated rings. The molecule has 0 aliphatic heterocycles. The Morgan fingerprint density at radius 2 is 2.35 bits per heavy atom. The lowest BCUT2D eigenvalue weighted by molar-refractivity contribution is 0.250. The second-order valence-corrected chi connectivity index (χ2v) is 5.21. The van der Waals surface area contributed by atoms with E-state index in [2.05, 4.69) is 33.9 Å².